The van der Waals surface area contributed by atoms with Gasteiger partial charge < -0.3 is 5.11 Å². The Morgan fingerprint density at radius 1 is 1.47 bits per heavy atom. The van der Waals surface area contributed by atoms with E-state index in [9.17, 15) is 8.42 Å². The van der Waals surface area contributed by atoms with E-state index in [1.54, 1.807) is 12.1 Å². The predicted octanol–water partition coefficient (Wildman–Crippen LogP) is 0.230. The van der Waals surface area contributed by atoms with Crippen molar-refractivity contribution < 1.29 is 13.5 Å². The van der Waals surface area contributed by atoms with Gasteiger partial charge in [-0.15, -0.1) is 0 Å². The molecule has 2 aromatic rings. The van der Waals surface area contributed by atoms with Crippen LogP contribution in [0.2, 0.25) is 0 Å². The van der Waals surface area contributed by atoms with Crippen LogP contribution in [-0.4, -0.2) is 29.2 Å². The van der Waals surface area contributed by atoms with Gasteiger partial charge in [0.1, 0.15) is 10.7 Å². The summed E-state index contributed by atoms with van der Waals surface area (Å²) in [5.74, 6) is 0. The highest BCUT2D eigenvalue weighted by atomic mass is 32.2. The maximum Gasteiger partial charge on any atom is 0.191 e. The lowest BCUT2D eigenvalue weighted by molar-refractivity contribution is 0.277. The Bertz CT molecular complexity index is 601. The molecule has 0 fully saturated rings. The van der Waals surface area contributed by atoms with Gasteiger partial charge in [0, 0.05) is 12.5 Å². The van der Waals surface area contributed by atoms with Gasteiger partial charge in [0.15, 0.2) is 9.84 Å². The van der Waals surface area contributed by atoms with Crippen molar-refractivity contribution in [3.63, 3.8) is 0 Å². The molecule has 5 nitrogen and oxygen atoms in total. The van der Waals surface area contributed by atoms with Crippen LogP contribution in [0.15, 0.2) is 29.4 Å². The van der Waals surface area contributed by atoms with Gasteiger partial charge in [0.25, 0.3) is 0 Å². The lowest BCUT2D eigenvalue weighted by atomic mass is 10.5. The molecule has 0 radical (unpaired) electrons. The van der Waals surface area contributed by atoms with Crippen molar-refractivity contribution in [2.45, 2.75) is 11.6 Å². The predicted molar refractivity (Wildman–Crippen MR) is 54.2 cm³/mol. The van der Waals surface area contributed by atoms with Gasteiger partial charge in [0.05, 0.1) is 12.3 Å². The quantitative estimate of drug-likeness (QED) is 0.795. The normalized spacial score (nSPS) is 12.1. The molecule has 2 aromatic heterocycles. The molecular formula is C9H10N2O3S. The Labute approximate surface area is 86.9 Å². The number of hydrogen-bond acceptors (Lipinski definition) is 4. The number of imidazole rings is 1. The van der Waals surface area contributed by atoms with E-state index >= 15 is 0 Å². The average Bonchev–Trinajstić information content (AvgIpc) is 2.57. The monoisotopic (exact) mass is 226 g/mol. The largest absolute Gasteiger partial charge is 0.390 e. The topological polar surface area (TPSA) is 71.7 Å². The van der Waals surface area contributed by atoms with Crippen LogP contribution >= 0.6 is 0 Å². The summed E-state index contributed by atoms with van der Waals surface area (Å²) in [4.78, 5) is 4.05. The Morgan fingerprint density at radius 3 is 2.80 bits per heavy atom. The van der Waals surface area contributed by atoms with Gasteiger partial charge in [-0.2, -0.15) is 0 Å². The molecule has 0 bridgehead atoms. The molecule has 15 heavy (non-hydrogen) atoms. The van der Waals surface area contributed by atoms with Crippen molar-refractivity contribution in [3.8, 4) is 0 Å². The Balaban J connectivity index is 2.81. The highest BCUT2D eigenvalue weighted by Gasteiger charge is 2.12. The standard InChI is InChI=1S/C9H10N2O3S/c1-15(13,14)9-4-2-3-8-10-7(6-12)5-11(8)9/h2-5,12H,6H2,1H3. The average molecular weight is 226 g/mol. The van der Waals surface area contributed by atoms with Crippen LogP contribution in [0.4, 0.5) is 0 Å². The zero-order valence-electron chi connectivity index (χ0n) is 8.08. The summed E-state index contributed by atoms with van der Waals surface area (Å²) in [5, 5.41) is 9.08. The second-order valence-corrected chi connectivity index (χ2v) is 5.22. The lowest BCUT2D eigenvalue weighted by Gasteiger charge is -2.01. The Kier molecular flexibility index (Phi) is 2.24. The van der Waals surface area contributed by atoms with Crippen LogP contribution in [0.5, 0.6) is 0 Å². The summed E-state index contributed by atoms with van der Waals surface area (Å²) in [5.41, 5.74) is 0.966. The SMILES string of the molecule is CS(=O)(=O)c1cccc2nc(CO)cn12. The molecule has 0 aromatic carbocycles. The first-order valence-electron chi connectivity index (χ1n) is 4.30. The van der Waals surface area contributed by atoms with Gasteiger partial charge in [0.2, 0.25) is 0 Å². The molecular weight excluding hydrogens is 216 g/mol. The van der Waals surface area contributed by atoms with E-state index in [2.05, 4.69) is 4.98 Å². The van der Waals surface area contributed by atoms with E-state index in [0.29, 0.717) is 11.3 Å². The fraction of sp³-hybridized carbons (Fsp3) is 0.222. The molecule has 1 N–H and O–H groups in total. The molecule has 0 amide bonds. The molecule has 2 rings (SSSR count). The number of rotatable bonds is 2. The molecule has 0 aliphatic carbocycles. The summed E-state index contributed by atoms with van der Waals surface area (Å²) in [6, 6.07) is 4.82. The van der Waals surface area contributed by atoms with Crippen molar-refractivity contribution in [3.05, 3.63) is 30.1 Å². The zero-order valence-corrected chi connectivity index (χ0v) is 8.90. The number of aliphatic hydroxyl groups is 1. The summed E-state index contributed by atoms with van der Waals surface area (Å²) in [6.45, 7) is -0.203. The minimum absolute atomic E-state index is 0.173. The Morgan fingerprint density at radius 2 is 2.20 bits per heavy atom. The van der Waals surface area contributed by atoms with Crippen molar-refractivity contribution in [2.24, 2.45) is 0 Å². The minimum atomic E-state index is -3.28. The smallest absolute Gasteiger partial charge is 0.191 e. The minimum Gasteiger partial charge on any atom is -0.390 e. The van der Waals surface area contributed by atoms with E-state index in [1.807, 2.05) is 0 Å². The summed E-state index contributed by atoms with van der Waals surface area (Å²) < 4.78 is 24.3. The highest BCUT2D eigenvalue weighted by Crippen LogP contribution is 2.13. The third kappa shape index (κ3) is 1.73. The highest BCUT2D eigenvalue weighted by molar-refractivity contribution is 7.90. The van der Waals surface area contributed by atoms with Gasteiger partial charge in [-0.05, 0) is 12.1 Å². The first kappa shape index (κ1) is 10.1. The van der Waals surface area contributed by atoms with E-state index in [-0.39, 0.29) is 11.6 Å². The second-order valence-electron chi connectivity index (χ2n) is 3.25. The van der Waals surface area contributed by atoms with E-state index in [0.717, 1.165) is 6.26 Å². The van der Waals surface area contributed by atoms with Crippen molar-refractivity contribution in [1.29, 1.82) is 0 Å². The van der Waals surface area contributed by atoms with Gasteiger partial charge in [-0.3, -0.25) is 4.40 Å². The van der Waals surface area contributed by atoms with Gasteiger partial charge >= 0.3 is 0 Å². The van der Waals surface area contributed by atoms with Gasteiger partial charge in [-0.1, -0.05) is 6.07 Å². The number of fused-ring (bicyclic) bond motifs is 1. The third-order valence-electron chi connectivity index (χ3n) is 2.05. The number of nitrogens with zero attached hydrogens (tertiary/aromatic N) is 2. The van der Waals surface area contributed by atoms with Crippen LogP contribution < -0.4 is 0 Å². The van der Waals surface area contributed by atoms with Crippen LogP contribution in [0, 0.1) is 0 Å². The molecule has 0 atom stereocenters. The van der Waals surface area contributed by atoms with Gasteiger partial charge in [-0.25, -0.2) is 13.4 Å². The number of pyridine rings is 1. The van der Waals surface area contributed by atoms with Crippen LogP contribution in [0.1, 0.15) is 5.69 Å². The molecule has 0 saturated carbocycles. The summed E-state index contributed by atoms with van der Waals surface area (Å²) in [6.07, 6.45) is 2.66. The summed E-state index contributed by atoms with van der Waals surface area (Å²) >= 11 is 0. The van der Waals surface area contributed by atoms with Crippen molar-refractivity contribution >= 4 is 15.5 Å². The molecule has 0 aliphatic heterocycles. The van der Waals surface area contributed by atoms with Crippen molar-refractivity contribution in [2.75, 3.05) is 6.26 Å². The maximum atomic E-state index is 11.4. The summed E-state index contributed by atoms with van der Waals surface area (Å²) in [7, 11) is -3.28. The number of aliphatic hydroxyl groups excluding tert-OH is 1. The molecule has 0 saturated heterocycles. The van der Waals surface area contributed by atoms with E-state index in [1.165, 1.54) is 16.7 Å². The zero-order chi connectivity index (χ0) is 11.1. The maximum absolute atomic E-state index is 11.4. The fourth-order valence-electron chi connectivity index (χ4n) is 1.41. The van der Waals surface area contributed by atoms with E-state index in [4.69, 9.17) is 5.11 Å². The van der Waals surface area contributed by atoms with Crippen molar-refractivity contribution in [1.82, 2.24) is 9.38 Å². The molecule has 2 heterocycles. The molecule has 0 spiro atoms. The van der Waals surface area contributed by atoms with Crippen LogP contribution in [-0.2, 0) is 16.4 Å². The molecule has 6 heteroatoms. The Hall–Kier alpha value is -1.40. The van der Waals surface area contributed by atoms with Crippen LogP contribution in [0.25, 0.3) is 5.65 Å². The second kappa shape index (κ2) is 3.32. The molecule has 0 aliphatic rings. The first-order chi connectivity index (χ1) is 7.02. The first-order valence-corrected chi connectivity index (χ1v) is 6.19. The lowest BCUT2D eigenvalue weighted by Crippen LogP contribution is -2.03. The number of aromatic nitrogens is 2. The van der Waals surface area contributed by atoms with E-state index < -0.39 is 9.84 Å². The fourth-order valence-corrected chi connectivity index (χ4v) is 2.24. The number of hydrogen-bond donors (Lipinski definition) is 1. The third-order valence-corrected chi connectivity index (χ3v) is 3.14. The molecule has 80 valence electrons. The van der Waals surface area contributed by atoms with Crippen LogP contribution in [0.3, 0.4) is 0 Å². The molecule has 0 unspecified atom stereocenters. The number of sulfone groups is 1.